The van der Waals surface area contributed by atoms with Gasteiger partial charge < -0.3 is 14.9 Å². The summed E-state index contributed by atoms with van der Waals surface area (Å²) in [6.07, 6.45) is 0. The Morgan fingerprint density at radius 2 is 1.65 bits per heavy atom. The third-order valence-electron chi connectivity index (χ3n) is 3.01. The first-order valence-electron chi connectivity index (χ1n) is 5.43. The number of likely N-dealkylation sites (N-methyl/N-ethyl adjacent to an activating group) is 1. The number of anilines is 1. The predicted molar refractivity (Wildman–Crippen MR) is 76.6 cm³/mol. The predicted octanol–water partition coefficient (Wildman–Crippen LogP) is 1.77. The Balaban J connectivity index is 0.00000128. The molecule has 1 heterocycles. The molecular weight excluding hydrogens is 259 g/mol. The minimum atomic E-state index is 0. The second kappa shape index (κ2) is 7.77. The van der Waals surface area contributed by atoms with E-state index >= 15 is 0 Å². The molecule has 5 heteroatoms. The van der Waals surface area contributed by atoms with Gasteiger partial charge in [-0.2, -0.15) is 0 Å². The molecule has 1 aromatic carbocycles. The average molecular weight is 279 g/mol. The van der Waals surface area contributed by atoms with E-state index in [1.807, 2.05) is 18.2 Å². The van der Waals surface area contributed by atoms with E-state index in [2.05, 4.69) is 22.9 Å². The fourth-order valence-electron chi connectivity index (χ4n) is 2.00. The van der Waals surface area contributed by atoms with Crippen LogP contribution in [0.1, 0.15) is 5.56 Å². The number of hydrogen-bond donors (Lipinski definition) is 1. The summed E-state index contributed by atoms with van der Waals surface area (Å²) in [5, 5.41) is 9.26. The van der Waals surface area contributed by atoms with Gasteiger partial charge in [0.25, 0.3) is 0 Å². The second-order valence-electron chi connectivity index (χ2n) is 4.08. The van der Waals surface area contributed by atoms with Crippen molar-refractivity contribution in [3.63, 3.8) is 0 Å². The van der Waals surface area contributed by atoms with Crippen LogP contribution in [0.25, 0.3) is 0 Å². The molecule has 1 aliphatic heterocycles. The first-order valence-corrected chi connectivity index (χ1v) is 5.43. The van der Waals surface area contributed by atoms with Crippen LogP contribution in [0.4, 0.5) is 5.69 Å². The molecule has 0 amide bonds. The molecule has 1 N–H and O–H groups in total. The lowest BCUT2D eigenvalue weighted by atomic mass is 10.1. The lowest BCUT2D eigenvalue weighted by Gasteiger charge is -2.35. The van der Waals surface area contributed by atoms with Gasteiger partial charge in [0.05, 0.1) is 6.61 Å². The molecular formula is C12H20Cl2N2O. The normalized spacial score (nSPS) is 16.0. The SMILES string of the molecule is CN1CCN(c2ccccc2CO)CC1.Cl.Cl. The van der Waals surface area contributed by atoms with E-state index in [1.165, 1.54) is 5.69 Å². The lowest BCUT2D eigenvalue weighted by Crippen LogP contribution is -2.44. The number of halogens is 2. The maximum atomic E-state index is 9.26. The van der Waals surface area contributed by atoms with Crippen LogP contribution in [0.5, 0.6) is 0 Å². The summed E-state index contributed by atoms with van der Waals surface area (Å²) in [5.41, 5.74) is 2.22. The molecule has 0 radical (unpaired) electrons. The van der Waals surface area contributed by atoms with Crippen molar-refractivity contribution < 1.29 is 5.11 Å². The largest absolute Gasteiger partial charge is 0.392 e. The van der Waals surface area contributed by atoms with Gasteiger partial charge in [0, 0.05) is 37.4 Å². The molecule has 0 aliphatic carbocycles. The van der Waals surface area contributed by atoms with Gasteiger partial charge in [-0.15, -0.1) is 24.8 Å². The van der Waals surface area contributed by atoms with Crippen molar-refractivity contribution in [2.75, 3.05) is 38.1 Å². The van der Waals surface area contributed by atoms with E-state index in [0.717, 1.165) is 31.7 Å². The summed E-state index contributed by atoms with van der Waals surface area (Å²) in [6, 6.07) is 8.10. The van der Waals surface area contributed by atoms with Crippen molar-refractivity contribution >= 4 is 30.5 Å². The minimum Gasteiger partial charge on any atom is -0.392 e. The molecule has 2 rings (SSSR count). The van der Waals surface area contributed by atoms with Gasteiger partial charge in [-0.3, -0.25) is 0 Å². The van der Waals surface area contributed by atoms with Crippen LogP contribution in [0.3, 0.4) is 0 Å². The Morgan fingerprint density at radius 1 is 1.06 bits per heavy atom. The first-order chi connectivity index (χ1) is 7.31. The summed E-state index contributed by atoms with van der Waals surface area (Å²) < 4.78 is 0. The van der Waals surface area contributed by atoms with Crippen LogP contribution in [0, 0.1) is 0 Å². The molecule has 3 nitrogen and oxygen atoms in total. The zero-order chi connectivity index (χ0) is 10.7. The Bertz CT molecular complexity index is 328. The lowest BCUT2D eigenvalue weighted by molar-refractivity contribution is 0.280. The second-order valence-corrected chi connectivity index (χ2v) is 4.08. The number of aliphatic hydroxyl groups excluding tert-OH is 1. The fraction of sp³-hybridized carbons (Fsp3) is 0.500. The highest BCUT2D eigenvalue weighted by molar-refractivity contribution is 5.85. The Morgan fingerprint density at radius 3 is 2.24 bits per heavy atom. The summed E-state index contributed by atoms with van der Waals surface area (Å²) >= 11 is 0. The molecule has 0 saturated carbocycles. The Labute approximate surface area is 115 Å². The van der Waals surface area contributed by atoms with Gasteiger partial charge in [0.2, 0.25) is 0 Å². The number of piperazine rings is 1. The van der Waals surface area contributed by atoms with Crippen LogP contribution in [0.2, 0.25) is 0 Å². The van der Waals surface area contributed by atoms with Crippen LogP contribution >= 0.6 is 24.8 Å². The Hall–Kier alpha value is -0.480. The molecule has 1 aliphatic rings. The fourth-order valence-corrected chi connectivity index (χ4v) is 2.00. The van der Waals surface area contributed by atoms with Crippen molar-refractivity contribution in [2.24, 2.45) is 0 Å². The molecule has 0 spiro atoms. The third kappa shape index (κ3) is 4.03. The van der Waals surface area contributed by atoms with Gasteiger partial charge >= 0.3 is 0 Å². The van der Waals surface area contributed by atoms with Crippen LogP contribution < -0.4 is 4.90 Å². The van der Waals surface area contributed by atoms with E-state index in [4.69, 9.17) is 0 Å². The van der Waals surface area contributed by atoms with Crippen molar-refractivity contribution in [1.82, 2.24) is 4.90 Å². The molecule has 1 saturated heterocycles. The zero-order valence-corrected chi connectivity index (χ0v) is 11.6. The molecule has 0 atom stereocenters. The molecule has 1 fully saturated rings. The smallest absolute Gasteiger partial charge is 0.0702 e. The van der Waals surface area contributed by atoms with Gasteiger partial charge in [0.15, 0.2) is 0 Å². The summed E-state index contributed by atoms with van der Waals surface area (Å²) in [4.78, 5) is 4.68. The van der Waals surface area contributed by atoms with Crippen molar-refractivity contribution in [3.8, 4) is 0 Å². The van der Waals surface area contributed by atoms with Crippen molar-refractivity contribution in [2.45, 2.75) is 6.61 Å². The summed E-state index contributed by atoms with van der Waals surface area (Å²) in [6.45, 7) is 4.42. The molecule has 1 aromatic rings. The highest BCUT2D eigenvalue weighted by atomic mass is 35.5. The van der Waals surface area contributed by atoms with Gasteiger partial charge in [-0.05, 0) is 13.1 Å². The highest BCUT2D eigenvalue weighted by Gasteiger charge is 2.15. The number of rotatable bonds is 2. The average Bonchev–Trinajstić information content (AvgIpc) is 2.30. The number of hydrogen-bond acceptors (Lipinski definition) is 3. The van der Waals surface area contributed by atoms with Crippen LogP contribution in [-0.2, 0) is 6.61 Å². The summed E-state index contributed by atoms with van der Waals surface area (Å²) in [5.74, 6) is 0. The van der Waals surface area contributed by atoms with E-state index in [9.17, 15) is 5.11 Å². The maximum Gasteiger partial charge on any atom is 0.0702 e. The Kier molecular flexibility index (Phi) is 7.55. The van der Waals surface area contributed by atoms with E-state index in [0.29, 0.717) is 0 Å². The van der Waals surface area contributed by atoms with Crippen molar-refractivity contribution in [3.05, 3.63) is 29.8 Å². The molecule has 0 bridgehead atoms. The maximum absolute atomic E-state index is 9.26. The quantitative estimate of drug-likeness (QED) is 0.894. The summed E-state index contributed by atoms with van der Waals surface area (Å²) in [7, 11) is 2.15. The van der Waals surface area contributed by atoms with Gasteiger partial charge in [0.1, 0.15) is 0 Å². The molecule has 0 unspecified atom stereocenters. The van der Waals surface area contributed by atoms with Crippen LogP contribution in [0.15, 0.2) is 24.3 Å². The number of aliphatic hydroxyl groups is 1. The molecule has 17 heavy (non-hydrogen) atoms. The standard InChI is InChI=1S/C12H18N2O.2ClH/c1-13-6-8-14(9-7-13)12-5-3-2-4-11(12)10-15;;/h2-5,15H,6-10H2,1H3;2*1H. The number of nitrogens with zero attached hydrogens (tertiary/aromatic N) is 2. The molecule has 0 aromatic heterocycles. The van der Waals surface area contributed by atoms with E-state index in [1.54, 1.807) is 0 Å². The third-order valence-corrected chi connectivity index (χ3v) is 3.01. The highest BCUT2D eigenvalue weighted by Crippen LogP contribution is 2.21. The van der Waals surface area contributed by atoms with E-state index < -0.39 is 0 Å². The van der Waals surface area contributed by atoms with Gasteiger partial charge in [-0.1, -0.05) is 18.2 Å². The van der Waals surface area contributed by atoms with Gasteiger partial charge in [-0.25, -0.2) is 0 Å². The molecule has 98 valence electrons. The monoisotopic (exact) mass is 278 g/mol. The number of benzene rings is 1. The van der Waals surface area contributed by atoms with Crippen LogP contribution in [-0.4, -0.2) is 43.2 Å². The number of para-hydroxylation sites is 1. The van der Waals surface area contributed by atoms with Crippen molar-refractivity contribution in [1.29, 1.82) is 0 Å². The minimum absolute atomic E-state index is 0. The van der Waals surface area contributed by atoms with E-state index in [-0.39, 0.29) is 31.4 Å². The topological polar surface area (TPSA) is 26.7 Å². The first kappa shape index (κ1) is 16.5. The zero-order valence-electron chi connectivity index (χ0n) is 10.0.